The summed E-state index contributed by atoms with van der Waals surface area (Å²) in [5.41, 5.74) is 4.53. The van der Waals surface area contributed by atoms with Gasteiger partial charge in [-0.15, -0.1) is 4.31 Å². The van der Waals surface area contributed by atoms with Gasteiger partial charge < -0.3 is 19.9 Å². The molecule has 2 saturated heterocycles. The number of rotatable bonds is 7. The zero-order chi connectivity index (χ0) is 23.9. The van der Waals surface area contributed by atoms with Gasteiger partial charge in [-0.1, -0.05) is 16.3 Å². The molecule has 2 aliphatic heterocycles. The summed E-state index contributed by atoms with van der Waals surface area (Å²) in [6, 6.07) is 10.4. The van der Waals surface area contributed by atoms with Crippen molar-refractivity contribution in [3.05, 3.63) is 36.7 Å². The van der Waals surface area contributed by atoms with Crippen LogP contribution in [0.5, 0.6) is 5.88 Å². The Morgan fingerprint density at radius 3 is 2.60 bits per heavy atom. The van der Waals surface area contributed by atoms with Crippen LogP contribution in [-0.2, 0) is 20.0 Å². The van der Waals surface area contributed by atoms with Gasteiger partial charge >= 0.3 is 0 Å². The number of amides is 1. The molecule has 2 aromatic heterocycles. The van der Waals surface area contributed by atoms with Crippen LogP contribution >= 0.6 is 0 Å². The average molecular weight is 496 g/mol. The average Bonchev–Trinajstić information content (AvgIpc) is 3.46. The van der Waals surface area contributed by atoms with E-state index in [9.17, 15) is 9.00 Å². The van der Waals surface area contributed by atoms with E-state index in [1.54, 1.807) is 6.33 Å². The van der Waals surface area contributed by atoms with Crippen LogP contribution in [0.15, 0.2) is 36.7 Å². The fourth-order valence-corrected chi connectivity index (χ4v) is 6.52. The van der Waals surface area contributed by atoms with Gasteiger partial charge in [0.05, 0.1) is 30.6 Å². The summed E-state index contributed by atoms with van der Waals surface area (Å²) in [5, 5.41) is 3.31. The van der Waals surface area contributed by atoms with Gasteiger partial charge in [0.1, 0.15) is 22.3 Å². The fourth-order valence-electron chi connectivity index (χ4n) is 4.90. The minimum Gasteiger partial charge on any atom is -0.473 e. The molecule has 1 aliphatic carbocycles. The van der Waals surface area contributed by atoms with E-state index in [-0.39, 0.29) is 17.9 Å². The summed E-state index contributed by atoms with van der Waals surface area (Å²) in [6.45, 7) is 6.09. The van der Waals surface area contributed by atoms with Crippen molar-refractivity contribution >= 4 is 33.6 Å². The Hall–Kier alpha value is -2.98. The highest BCUT2D eigenvalue weighted by atomic mass is 32.2. The van der Waals surface area contributed by atoms with Crippen molar-refractivity contribution in [3.63, 3.8) is 0 Å². The lowest BCUT2D eigenvalue weighted by Gasteiger charge is -2.32. The number of thiol groups is 1. The molecule has 4 heterocycles. The van der Waals surface area contributed by atoms with Crippen LogP contribution in [0.3, 0.4) is 0 Å². The van der Waals surface area contributed by atoms with E-state index in [0.29, 0.717) is 29.6 Å². The smallest absolute Gasteiger partial charge is 0.243 e. The molecule has 35 heavy (non-hydrogen) atoms. The second-order valence-corrected chi connectivity index (χ2v) is 11.6. The molecular weight excluding hydrogens is 464 g/mol. The van der Waals surface area contributed by atoms with Gasteiger partial charge in [0.15, 0.2) is 5.52 Å². The van der Waals surface area contributed by atoms with Gasteiger partial charge in [-0.2, -0.15) is 0 Å². The molecule has 3 fully saturated rings. The highest BCUT2D eigenvalue weighted by Gasteiger charge is 2.39. The van der Waals surface area contributed by atoms with Crippen LogP contribution < -0.4 is 15.0 Å². The number of carbonyl (C=O) groups excluding carboxylic acids is 1. The first kappa shape index (κ1) is 22.5. The number of nitrogens with one attached hydrogen (secondary N) is 2. The molecule has 9 nitrogen and oxygen atoms in total. The number of hydrogen-bond acceptors (Lipinski definition) is 6. The first-order chi connectivity index (χ1) is 17.0. The third-order valence-electron chi connectivity index (χ3n) is 7.27. The lowest BCUT2D eigenvalue weighted by molar-refractivity contribution is -0.119. The number of aromatic amines is 1. The van der Waals surface area contributed by atoms with Crippen molar-refractivity contribution in [2.45, 2.75) is 37.5 Å². The SMILES string of the molecule is CC(Oc1nc(-c2ccc(N3CCN([SH+](=O)C4CC4)CC3)cc2)cc2[nH]cnc12)C1CNC(=O)C1. The Bertz CT molecular complexity index is 1250. The summed E-state index contributed by atoms with van der Waals surface area (Å²) in [6.07, 6.45) is 4.20. The van der Waals surface area contributed by atoms with Crippen LogP contribution in [0.1, 0.15) is 26.2 Å². The molecule has 0 bridgehead atoms. The number of pyridine rings is 1. The van der Waals surface area contributed by atoms with Gasteiger partial charge in [0, 0.05) is 56.1 Å². The quantitative estimate of drug-likeness (QED) is 0.386. The number of carbonyl (C=O) groups is 1. The molecule has 0 radical (unpaired) electrons. The van der Waals surface area contributed by atoms with Gasteiger partial charge in [0.2, 0.25) is 11.8 Å². The van der Waals surface area contributed by atoms with E-state index < -0.39 is 11.0 Å². The van der Waals surface area contributed by atoms with Crippen LogP contribution in [-0.4, -0.2) is 69.2 Å². The fraction of sp³-hybridized carbons (Fsp3) is 0.480. The summed E-state index contributed by atoms with van der Waals surface area (Å²) in [7, 11) is -1.19. The molecular formula is C25H31N6O3S+. The van der Waals surface area contributed by atoms with Crippen molar-refractivity contribution < 1.29 is 13.7 Å². The number of benzene rings is 1. The number of aromatic nitrogens is 3. The molecule has 6 rings (SSSR count). The van der Waals surface area contributed by atoms with Crippen molar-refractivity contribution in [2.75, 3.05) is 37.6 Å². The van der Waals surface area contributed by atoms with Crippen LogP contribution in [0, 0.1) is 5.92 Å². The van der Waals surface area contributed by atoms with E-state index in [1.165, 1.54) is 5.69 Å². The molecule has 3 unspecified atom stereocenters. The number of hydrogen-bond donors (Lipinski definition) is 2. The Balaban J connectivity index is 1.17. The largest absolute Gasteiger partial charge is 0.473 e. The van der Waals surface area contributed by atoms with Crippen LogP contribution in [0.2, 0.25) is 0 Å². The number of ether oxygens (including phenoxy) is 1. The molecule has 1 amide bonds. The minimum atomic E-state index is -1.19. The molecule has 3 aliphatic rings. The van der Waals surface area contributed by atoms with E-state index in [1.807, 2.05) is 13.0 Å². The molecule has 1 aromatic carbocycles. The lowest BCUT2D eigenvalue weighted by atomic mass is 10.0. The van der Waals surface area contributed by atoms with E-state index in [0.717, 1.165) is 55.8 Å². The Kier molecular flexibility index (Phi) is 5.93. The highest BCUT2D eigenvalue weighted by Crippen LogP contribution is 2.32. The van der Waals surface area contributed by atoms with Crippen molar-refractivity contribution in [2.24, 2.45) is 5.92 Å². The molecule has 0 spiro atoms. The summed E-state index contributed by atoms with van der Waals surface area (Å²) in [5.74, 6) is 0.662. The molecule has 1 saturated carbocycles. The van der Waals surface area contributed by atoms with Gasteiger partial charge in [0.25, 0.3) is 0 Å². The number of imidazole rings is 1. The standard InChI is InChI=1S/C25H30N6O3S/c1-16(18-12-23(32)26-14-18)34-25-24-22(27-15-28-24)13-21(29-25)17-2-4-19(5-3-17)30-8-10-31(11-9-30)35(33)20-6-7-20/h2-5,13,15-16,18,20H,6-12,14H2,1H3,(H,26,32)(H,27,28)/p+1. The third-order valence-corrected chi connectivity index (χ3v) is 9.37. The predicted molar refractivity (Wildman–Crippen MR) is 137 cm³/mol. The summed E-state index contributed by atoms with van der Waals surface area (Å²) >= 11 is 0. The Morgan fingerprint density at radius 2 is 1.91 bits per heavy atom. The monoisotopic (exact) mass is 495 g/mol. The van der Waals surface area contributed by atoms with E-state index in [4.69, 9.17) is 9.72 Å². The maximum absolute atomic E-state index is 12.5. The Morgan fingerprint density at radius 1 is 1.14 bits per heavy atom. The summed E-state index contributed by atoms with van der Waals surface area (Å²) < 4.78 is 20.9. The van der Waals surface area contributed by atoms with Gasteiger partial charge in [-0.3, -0.25) is 4.79 Å². The molecule has 3 aromatic rings. The zero-order valence-electron chi connectivity index (χ0n) is 19.8. The molecule has 10 heteroatoms. The number of fused-ring (bicyclic) bond motifs is 1. The highest BCUT2D eigenvalue weighted by molar-refractivity contribution is 7.83. The topological polar surface area (TPSA) is 103 Å². The molecule has 184 valence electrons. The van der Waals surface area contributed by atoms with Crippen LogP contribution in [0.4, 0.5) is 5.69 Å². The second kappa shape index (κ2) is 9.23. The zero-order valence-corrected chi connectivity index (χ0v) is 20.7. The van der Waals surface area contributed by atoms with E-state index in [2.05, 4.69) is 48.8 Å². The number of piperazine rings is 1. The number of H-pyrrole nitrogens is 1. The minimum absolute atomic E-state index is 0.0651. The lowest BCUT2D eigenvalue weighted by Crippen LogP contribution is -2.47. The molecule has 3 atom stereocenters. The normalized spacial score (nSPS) is 22.8. The maximum Gasteiger partial charge on any atom is 0.243 e. The number of anilines is 1. The van der Waals surface area contributed by atoms with Crippen molar-refractivity contribution in [3.8, 4) is 17.1 Å². The summed E-state index contributed by atoms with van der Waals surface area (Å²) in [4.78, 5) is 26.4. The van der Waals surface area contributed by atoms with Gasteiger partial charge in [-0.05, 0) is 25.1 Å². The first-order valence-electron chi connectivity index (χ1n) is 12.4. The van der Waals surface area contributed by atoms with Gasteiger partial charge in [-0.25, -0.2) is 9.97 Å². The van der Waals surface area contributed by atoms with Crippen LogP contribution in [0.25, 0.3) is 22.3 Å². The van der Waals surface area contributed by atoms with Crippen molar-refractivity contribution in [1.82, 2.24) is 24.6 Å². The number of nitrogens with zero attached hydrogens (tertiary/aromatic N) is 4. The predicted octanol–water partition coefficient (Wildman–Crippen LogP) is 2.42. The maximum atomic E-state index is 12.5. The molecule has 2 N–H and O–H groups in total. The Labute approximate surface area is 206 Å². The first-order valence-corrected chi connectivity index (χ1v) is 13.7. The third kappa shape index (κ3) is 4.64. The second-order valence-electron chi connectivity index (χ2n) is 9.72. The van der Waals surface area contributed by atoms with Crippen molar-refractivity contribution in [1.29, 1.82) is 0 Å². The van der Waals surface area contributed by atoms with E-state index >= 15 is 0 Å².